The second-order valence-electron chi connectivity index (χ2n) is 4.13. The maximum atomic E-state index is 11.2. The average Bonchev–Trinajstić information content (AvgIpc) is 2.62. The highest BCUT2D eigenvalue weighted by Crippen LogP contribution is 2.32. The van der Waals surface area contributed by atoms with Gasteiger partial charge in [0, 0.05) is 18.9 Å². The lowest BCUT2D eigenvalue weighted by atomic mass is 10.0. The Labute approximate surface area is 105 Å². The van der Waals surface area contributed by atoms with Gasteiger partial charge < -0.3 is 15.2 Å². The SMILES string of the molecule is NNC(=O)CC(N)c1ccc2c(c1)OCCCO2. The molecule has 2 rings (SSSR count). The molecule has 1 aromatic carbocycles. The molecule has 1 aliphatic rings. The van der Waals surface area contributed by atoms with Crippen LogP contribution in [0, 0.1) is 0 Å². The van der Waals surface area contributed by atoms with Crippen molar-refractivity contribution in [1.29, 1.82) is 0 Å². The number of benzene rings is 1. The van der Waals surface area contributed by atoms with Crippen LogP contribution < -0.4 is 26.5 Å². The Morgan fingerprint density at radius 3 is 2.78 bits per heavy atom. The minimum absolute atomic E-state index is 0.135. The van der Waals surface area contributed by atoms with E-state index in [0.717, 1.165) is 12.0 Å². The number of hydrazine groups is 1. The first-order valence-corrected chi connectivity index (χ1v) is 5.85. The van der Waals surface area contributed by atoms with Crippen molar-refractivity contribution in [1.82, 2.24) is 5.43 Å². The molecule has 0 saturated heterocycles. The van der Waals surface area contributed by atoms with Gasteiger partial charge in [0.15, 0.2) is 11.5 Å². The van der Waals surface area contributed by atoms with Crippen molar-refractivity contribution in [2.45, 2.75) is 18.9 Å². The molecule has 0 spiro atoms. The topological polar surface area (TPSA) is 99.6 Å². The number of fused-ring (bicyclic) bond motifs is 1. The molecule has 1 unspecified atom stereocenters. The molecule has 1 aliphatic heterocycles. The normalized spacial score (nSPS) is 15.7. The van der Waals surface area contributed by atoms with Crippen molar-refractivity contribution in [2.24, 2.45) is 11.6 Å². The Morgan fingerprint density at radius 2 is 2.06 bits per heavy atom. The molecule has 1 amide bonds. The minimum Gasteiger partial charge on any atom is -0.490 e. The van der Waals surface area contributed by atoms with Gasteiger partial charge in [-0.25, -0.2) is 5.84 Å². The van der Waals surface area contributed by atoms with Gasteiger partial charge >= 0.3 is 0 Å². The molecule has 0 aliphatic carbocycles. The summed E-state index contributed by atoms with van der Waals surface area (Å²) in [5.74, 6) is 6.12. The molecule has 0 bridgehead atoms. The molecule has 1 heterocycles. The number of nitrogens with two attached hydrogens (primary N) is 2. The summed E-state index contributed by atoms with van der Waals surface area (Å²) >= 11 is 0. The number of nitrogens with one attached hydrogen (secondary N) is 1. The minimum atomic E-state index is -0.411. The predicted molar refractivity (Wildman–Crippen MR) is 65.9 cm³/mol. The summed E-state index contributed by atoms with van der Waals surface area (Å²) < 4.78 is 11.1. The molecule has 1 aromatic rings. The highest BCUT2D eigenvalue weighted by Gasteiger charge is 2.15. The first kappa shape index (κ1) is 12.7. The van der Waals surface area contributed by atoms with Gasteiger partial charge in [-0.1, -0.05) is 6.07 Å². The largest absolute Gasteiger partial charge is 0.490 e. The van der Waals surface area contributed by atoms with Gasteiger partial charge in [0.2, 0.25) is 5.91 Å². The molecular formula is C12H17N3O3. The Balaban J connectivity index is 2.14. The van der Waals surface area contributed by atoms with E-state index >= 15 is 0 Å². The molecule has 5 N–H and O–H groups in total. The quantitative estimate of drug-likeness (QED) is 0.405. The lowest BCUT2D eigenvalue weighted by molar-refractivity contribution is -0.121. The van der Waals surface area contributed by atoms with E-state index in [2.05, 4.69) is 5.43 Å². The number of carbonyl (C=O) groups excluding carboxylic acids is 1. The first-order valence-electron chi connectivity index (χ1n) is 5.85. The lowest BCUT2D eigenvalue weighted by Crippen LogP contribution is -2.32. The van der Waals surface area contributed by atoms with E-state index in [4.69, 9.17) is 21.1 Å². The third kappa shape index (κ3) is 2.91. The summed E-state index contributed by atoms with van der Waals surface area (Å²) in [6, 6.07) is 5.05. The maximum absolute atomic E-state index is 11.2. The molecule has 0 fully saturated rings. The zero-order valence-electron chi connectivity index (χ0n) is 10.0. The highest BCUT2D eigenvalue weighted by atomic mass is 16.5. The van der Waals surface area contributed by atoms with Crippen LogP contribution in [0.4, 0.5) is 0 Å². The fraction of sp³-hybridized carbons (Fsp3) is 0.417. The molecule has 6 nitrogen and oxygen atoms in total. The summed E-state index contributed by atoms with van der Waals surface area (Å²) in [6.07, 6.45) is 0.988. The van der Waals surface area contributed by atoms with Crippen LogP contribution in [-0.2, 0) is 4.79 Å². The van der Waals surface area contributed by atoms with E-state index in [1.165, 1.54) is 0 Å². The van der Waals surface area contributed by atoms with Gasteiger partial charge in [0.05, 0.1) is 13.2 Å². The molecule has 0 aromatic heterocycles. The summed E-state index contributed by atoms with van der Waals surface area (Å²) in [4.78, 5) is 11.2. The molecule has 6 heteroatoms. The van der Waals surface area contributed by atoms with Crippen LogP contribution in [-0.4, -0.2) is 19.1 Å². The van der Waals surface area contributed by atoms with Crippen molar-refractivity contribution in [2.75, 3.05) is 13.2 Å². The van der Waals surface area contributed by atoms with Crippen molar-refractivity contribution in [3.8, 4) is 11.5 Å². The van der Waals surface area contributed by atoms with Crippen LogP contribution in [0.5, 0.6) is 11.5 Å². The average molecular weight is 251 g/mol. The Bertz CT molecular complexity index is 437. The summed E-state index contributed by atoms with van der Waals surface area (Å²) in [5, 5.41) is 0. The first-order chi connectivity index (χ1) is 8.70. The lowest BCUT2D eigenvalue weighted by Gasteiger charge is -2.14. The number of amides is 1. The van der Waals surface area contributed by atoms with E-state index in [1.807, 2.05) is 18.2 Å². The van der Waals surface area contributed by atoms with Gasteiger partial charge in [-0.3, -0.25) is 10.2 Å². The van der Waals surface area contributed by atoms with Crippen LogP contribution in [0.1, 0.15) is 24.4 Å². The van der Waals surface area contributed by atoms with E-state index in [1.54, 1.807) is 0 Å². The van der Waals surface area contributed by atoms with Crippen LogP contribution >= 0.6 is 0 Å². The van der Waals surface area contributed by atoms with E-state index < -0.39 is 6.04 Å². The smallest absolute Gasteiger partial charge is 0.235 e. The summed E-state index contributed by atoms with van der Waals surface area (Å²) in [7, 11) is 0. The Kier molecular flexibility index (Phi) is 4.01. The van der Waals surface area contributed by atoms with Gasteiger partial charge in [-0.15, -0.1) is 0 Å². The molecule has 98 valence electrons. The second kappa shape index (κ2) is 5.70. The summed E-state index contributed by atoms with van der Waals surface area (Å²) in [5.41, 5.74) is 8.82. The predicted octanol–water partition coefficient (Wildman–Crippen LogP) is 0.228. The zero-order chi connectivity index (χ0) is 13.0. The molecular weight excluding hydrogens is 234 g/mol. The third-order valence-electron chi connectivity index (χ3n) is 2.77. The van der Waals surface area contributed by atoms with Gasteiger partial charge in [-0.05, 0) is 17.7 Å². The number of hydrogen-bond donors (Lipinski definition) is 3. The Morgan fingerprint density at radius 1 is 1.33 bits per heavy atom. The van der Waals surface area contributed by atoms with Crippen molar-refractivity contribution < 1.29 is 14.3 Å². The summed E-state index contributed by atoms with van der Waals surface area (Å²) in [6.45, 7) is 1.27. The van der Waals surface area contributed by atoms with Crippen molar-refractivity contribution in [3.63, 3.8) is 0 Å². The maximum Gasteiger partial charge on any atom is 0.235 e. The van der Waals surface area contributed by atoms with E-state index in [0.29, 0.717) is 24.7 Å². The van der Waals surface area contributed by atoms with Crippen molar-refractivity contribution in [3.05, 3.63) is 23.8 Å². The number of rotatable bonds is 3. The number of ether oxygens (including phenoxy) is 2. The van der Waals surface area contributed by atoms with Gasteiger partial charge in [0.1, 0.15) is 0 Å². The number of carbonyl (C=O) groups is 1. The Hall–Kier alpha value is -1.79. The van der Waals surface area contributed by atoms with Gasteiger partial charge in [-0.2, -0.15) is 0 Å². The van der Waals surface area contributed by atoms with E-state index in [-0.39, 0.29) is 12.3 Å². The molecule has 18 heavy (non-hydrogen) atoms. The molecule has 0 saturated carbocycles. The fourth-order valence-electron chi connectivity index (χ4n) is 1.79. The van der Waals surface area contributed by atoms with Crippen molar-refractivity contribution >= 4 is 5.91 Å². The standard InChI is InChI=1S/C12H17N3O3/c13-9(7-12(16)15-14)8-2-3-10-11(6-8)18-5-1-4-17-10/h2-3,6,9H,1,4-5,7,13-14H2,(H,15,16). The third-order valence-corrected chi connectivity index (χ3v) is 2.77. The zero-order valence-corrected chi connectivity index (χ0v) is 10.0. The van der Waals surface area contributed by atoms with Crippen LogP contribution in [0.25, 0.3) is 0 Å². The van der Waals surface area contributed by atoms with E-state index in [9.17, 15) is 4.79 Å². The second-order valence-corrected chi connectivity index (χ2v) is 4.13. The monoisotopic (exact) mass is 251 g/mol. The van der Waals surface area contributed by atoms with Crippen LogP contribution in [0.2, 0.25) is 0 Å². The van der Waals surface area contributed by atoms with Crippen LogP contribution in [0.3, 0.4) is 0 Å². The molecule has 0 radical (unpaired) electrons. The number of hydrogen-bond acceptors (Lipinski definition) is 5. The van der Waals surface area contributed by atoms with Gasteiger partial charge in [0.25, 0.3) is 0 Å². The van der Waals surface area contributed by atoms with Crippen LogP contribution in [0.15, 0.2) is 18.2 Å². The highest BCUT2D eigenvalue weighted by molar-refractivity contribution is 5.76. The molecule has 1 atom stereocenters. The fourth-order valence-corrected chi connectivity index (χ4v) is 1.79.